The SMILES string of the molecule is CC[N+]1(C(c2ccccc2)c2ccc(Cl)cc2)CC(OS(=O)(=O)c2ccc(C)cc2)C1. The second-order valence-electron chi connectivity index (χ2n) is 8.25. The van der Waals surface area contributed by atoms with Crippen LogP contribution in [0.2, 0.25) is 5.02 Å². The third kappa shape index (κ3) is 4.55. The van der Waals surface area contributed by atoms with E-state index in [2.05, 4.69) is 31.2 Å². The summed E-state index contributed by atoms with van der Waals surface area (Å²) in [4.78, 5) is 0.205. The Morgan fingerprint density at radius 1 is 0.935 bits per heavy atom. The first-order valence-electron chi connectivity index (χ1n) is 10.5. The van der Waals surface area contributed by atoms with Crippen LogP contribution < -0.4 is 0 Å². The van der Waals surface area contributed by atoms with Crippen LogP contribution in [0.25, 0.3) is 0 Å². The smallest absolute Gasteiger partial charge is 0.297 e. The molecule has 4 rings (SSSR count). The Labute approximate surface area is 189 Å². The average molecular weight is 457 g/mol. The first-order valence-corrected chi connectivity index (χ1v) is 12.3. The number of nitrogens with zero attached hydrogens (tertiary/aromatic N) is 1. The van der Waals surface area contributed by atoms with E-state index in [0.29, 0.717) is 18.1 Å². The molecule has 4 nitrogen and oxygen atoms in total. The van der Waals surface area contributed by atoms with Crippen molar-refractivity contribution < 1.29 is 17.1 Å². The lowest BCUT2D eigenvalue weighted by molar-refractivity contribution is -0.991. The molecule has 1 aliphatic rings. The van der Waals surface area contributed by atoms with E-state index >= 15 is 0 Å². The van der Waals surface area contributed by atoms with Crippen LogP contribution in [0.1, 0.15) is 29.7 Å². The van der Waals surface area contributed by atoms with Gasteiger partial charge in [-0.15, -0.1) is 0 Å². The Morgan fingerprint density at radius 2 is 1.52 bits per heavy atom. The van der Waals surface area contributed by atoms with Gasteiger partial charge in [0.2, 0.25) is 0 Å². The molecule has 162 valence electrons. The zero-order valence-electron chi connectivity index (χ0n) is 17.7. The maximum absolute atomic E-state index is 12.7. The predicted molar refractivity (Wildman–Crippen MR) is 124 cm³/mol. The van der Waals surface area contributed by atoms with E-state index in [9.17, 15) is 8.42 Å². The number of likely N-dealkylation sites (tertiary alicyclic amines) is 1. The fraction of sp³-hybridized carbons (Fsp3) is 0.280. The molecule has 31 heavy (non-hydrogen) atoms. The van der Waals surface area contributed by atoms with E-state index in [4.69, 9.17) is 15.8 Å². The second-order valence-corrected chi connectivity index (χ2v) is 10.3. The van der Waals surface area contributed by atoms with Gasteiger partial charge in [0.25, 0.3) is 10.1 Å². The molecular weight excluding hydrogens is 430 g/mol. The molecule has 0 aliphatic carbocycles. The first kappa shape index (κ1) is 22.0. The van der Waals surface area contributed by atoms with E-state index in [1.807, 2.05) is 37.3 Å². The lowest BCUT2D eigenvalue weighted by atomic mass is 9.90. The molecular formula is C25H27ClNO3S+. The Kier molecular flexibility index (Phi) is 6.22. The van der Waals surface area contributed by atoms with E-state index in [1.54, 1.807) is 24.3 Å². The van der Waals surface area contributed by atoms with E-state index in [1.165, 1.54) is 5.56 Å². The molecule has 1 fully saturated rings. The molecule has 0 N–H and O–H groups in total. The molecule has 1 unspecified atom stereocenters. The van der Waals surface area contributed by atoms with Crippen LogP contribution in [0.15, 0.2) is 83.8 Å². The number of rotatable bonds is 7. The van der Waals surface area contributed by atoms with Crippen molar-refractivity contribution in [3.8, 4) is 0 Å². The largest absolute Gasteiger partial charge is 0.309 e. The molecule has 6 heteroatoms. The van der Waals surface area contributed by atoms with Gasteiger partial charge in [0.05, 0.1) is 11.4 Å². The lowest BCUT2D eigenvalue weighted by Gasteiger charge is -2.53. The summed E-state index contributed by atoms with van der Waals surface area (Å²) in [7, 11) is -3.78. The normalized spacial score (nSPS) is 22.0. The maximum atomic E-state index is 12.7. The quantitative estimate of drug-likeness (QED) is 0.355. The summed E-state index contributed by atoms with van der Waals surface area (Å²) in [5.41, 5.74) is 3.38. The summed E-state index contributed by atoms with van der Waals surface area (Å²) >= 11 is 6.13. The molecule has 0 radical (unpaired) electrons. The molecule has 0 aromatic heterocycles. The van der Waals surface area contributed by atoms with Gasteiger partial charge in [-0.2, -0.15) is 8.42 Å². The summed E-state index contributed by atoms with van der Waals surface area (Å²) in [5.74, 6) is 0. The molecule has 1 heterocycles. The van der Waals surface area contributed by atoms with Gasteiger partial charge in [-0.05, 0) is 38.1 Å². The molecule has 1 saturated heterocycles. The van der Waals surface area contributed by atoms with E-state index < -0.39 is 10.1 Å². The molecule has 0 spiro atoms. The minimum atomic E-state index is -3.78. The second kappa shape index (κ2) is 8.75. The minimum Gasteiger partial charge on any atom is -0.309 e. The molecule has 3 aromatic carbocycles. The van der Waals surface area contributed by atoms with Crippen LogP contribution in [0, 0.1) is 6.92 Å². The van der Waals surface area contributed by atoms with Crippen molar-refractivity contribution in [1.29, 1.82) is 0 Å². The zero-order chi connectivity index (χ0) is 22.1. The average Bonchev–Trinajstić information content (AvgIpc) is 2.74. The third-order valence-corrected chi connectivity index (χ3v) is 7.81. The van der Waals surface area contributed by atoms with Gasteiger partial charge in [0.1, 0.15) is 19.1 Å². The van der Waals surface area contributed by atoms with Gasteiger partial charge in [0, 0.05) is 16.1 Å². The predicted octanol–water partition coefficient (Wildman–Crippen LogP) is 5.36. The van der Waals surface area contributed by atoms with E-state index in [-0.39, 0.29) is 17.0 Å². The van der Waals surface area contributed by atoms with Gasteiger partial charge in [-0.3, -0.25) is 4.18 Å². The fourth-order valence-corrected chi connectivity index (χ4v) is 5.70. The van der Waals surface area contributed by atoms with Gasteiger partial charge in [-0.25, -0.2) is 0 Å². The van der Waals surface area contributed by atoms with Crippen LogP contribution in [0.3, 0.4) is 0 Å². The molecule has 1 aliphatic heterocycles. The van der Waals surface area contributed by atoms with Gasteiger partial charge < -0.3 is 4.48 Å². The standard InChI is InChI=1S/C25H27ClNO3S/c1-3-27(17-23(18-27)30-31(28,29)24-15-9-19(2)10-16-24)25(20-7-5-4-6-8-20)21-11-13-22(26)14-12-21/h4-16,23,25H,3,17-18H2,1-2H3/q+1. The van der Waals surface area contributed by atoms with Crippen LogP contribution in [0.5, 0.6) is 0 Å². The molecule has 1 atom stereocenters. The Hall–Kier alpha value is -2.18. The number of hydrogen-bond acceptors (Lipinski definition) is 3. The summed E-state index contributed by atoms with van der Waals surface area (Å²) in [6.45, 7) is 6.20. The van der Waals surface area contributed by atoms with Gasteiger partial charge in [0.15, 0.2) is 6.10 Å². The topological polar surface area (TPSA) is 43.4 Å². The highest BCUT2D eigenvalue weighted by molar-refractivity contribution is 7.86. The maximum Gasteiger partial charge on any atom is 0.297 e. The number of likely N-dealkylation sites (N-methyl/N-ethyl adjacent to an activating group) is 1. The lowest BCUT2D eigenvalue weighted by Crippen LogP contribution is -2.68. The monoisotopic (exact) mass is 456 g/mol. The highest BCUT2D eigenvalue weighted by Crippen LogP contribution is 2.41. The third-order valence-electron chi connectivity index (χ3n) is 6.19. The van der Waals surface area contributed by atoms with Gasteiger partial charge >= 0.3 is 0 Å². The minimum absolute atomic E-state index is 0.0883. The van der Waals surface area contributed by atoms with Crippen LogP contribution >= 0.6 is 11.6 Å². The number of aryl methyl sites for hydroxylation is 1. The van der Waals surface area contributed by atoms with E-state index in [0.717, 1.165) is 22.2 Å². The number of halogens is 1. The fourth-order valence-electron chi connectivity index (χ4n) is 4.52. The van der Waals surface area contributed by atoms with Crippen LogP contribution in [-0.4, -0.2) is 38.6 Å². The van der Waals surface area contributed by atoms with Crippen molar-refractivity contribution in [3.05, 3.63) is 101 Å². The number of benzene rings is 3. The molecule has 0 saturated carbocycles. The van der Waals surface area contributed by atoms with Crippen LogP contribution in [-0.2, 0) is 14.3 Å². The van der Waals surface area contributed by atoms with Crippen molar-refractivity contribution in [3.63, 3.8) is 0 Å². The Bertz CT molecular complexity index is 1120. The van der Waals surface area contributed by atoms with Crippen molar-refractivity contribution in [2.45, 2.75) is 30.9 Å². The zero-order valence-corrected chi connectivity index (χ0v) is 19.3. The van der Waals surface area contributed by atoms with Gasteiger partial charge in [-0.1, -0.05) is 71.8 Å². The Morgan fingerprint density at radius 3 is 2.10 bits per heavy atom. The van der Waals surface area contributed by atoms with Crippen molar-refractivity contribution in [2.75, 3.05) is 19.6 Å². The Balaban J connectivity index is 1.59. The molecule has 0 amide bonds. The summed E-state index contributed by atoms with van der Waals surface area (Å²) in [5, 5.41) is 0.702. The van der Waals surface area contributed by atoms with Crippen molar-refractivity contribution >= 4 is 21.7 Å². The first-order chi connectivity index (χ1) is 14.8. The van der Waals surface area contributed by atoms with Crippen molar-refractivity contribution in [1.82, 2.24) is 0 Å². The van der Waals surface area contributed by atoms with Crippen LogP contribution in [0.4, 0.5) is 0 Å². The molecule has 3 aromatic rings. The highest BCUT2D eigenvalue weighted by Gasteiger charge is 2.51. The number of hydrogen-bond donors (Lipinski definition) is 0. The summed E-state index contributed by atoms with van der Waals surface area (Å²) in [6.07, 6.45) is -0.343. The number of quaternary nitrogens is 1. The van der Waals surface area contributed by atoms with Crippen molar-refractivity contribution in [2.24, 2.45) is 0 Å². The highest BCUT2D eigenvalue weighted by atomic mass is 35.5. The summed E-state index contributed by atoms with van der Waals surface area (Å²) < 4.78 is 31.9. The summed E-state index contributed by atoms with van der Waals surface area (Å²) in [6, 6.07) is 25.2. The molecule has 0 bridgehead atoms.